The molecule has 1 atom stereocenters. The molecule has 1 heterocycles. The summed E-state index contributed by atoms with van der Waals surface area (Å²) in [5.41, 5.74) is 0.522. The van der Waals surface area contributed by atoms with Gasteiger partial charge in [0.1, 0.15) is 15.8 Å². The number of carbonyl (C=O) groups excluding carboxylic acids is 2. The molecule has 1 aromatic carbocycles. The van der Waals surface area contributed by atoms with Crippen LogP contribution in [0, 0.1) is 0 Å². The summed E-state index contributed by atoms with van der Waals surface area (Å²) in [5, 5.41) is 4.74. The van der Waals surface area contributed by atoms with Crippen LogP contribution in [0.4, 0.5) is 5.69 Å². The van der Waals surface area contributed by atoms with Gasteiger partial charge in [-0.2, -0.15) is 0 Å². The summed E-state index contributed by atoms with van der Waals surface area (Å²) in [6.45, 7) is 0. The first-order valence-electron chi connectivity index (χ1n) is 6.07. The molecular weight excluding hydrogens is 312 g/mol. The van der Waals surface area contributed by atoms with E-state index in [2.05, 4.69) is 10.6 Å². The lowest BCUT2D eigenvalue weighted by molar-refractivity contribution is -0.122. The van der Waals surface area contributed by atoms with Crippen LogP contribution < -0.4 is 20.1 Å². The Balaban J connectivity index is 2.02. The lowest BCUT2D eigenvalue weighted by Gasteiger charge is -2.12. The topological polar surface area (TPSA) is 76.7 Å². The van der Waals surface area contributed by atoms with Gasteiger partial charge < -0.3 is 20.1 Å². The lowest BCUT2D eigenvalue weighted by Crippen LogP contribution is -2.27. The summed E-state index contributed by atoms with van der Waals surface area (Å²) < 4.78 is 10.7. The number of nitrogens with one attached hydrogen (secondary N) is 2. The number of methoxy groups -OCH3 is 2. The van der Waals surface area contributed by atoms with Crippen LogP contribution in [0.3, 0.4) is 0 Å². The Morgan fingerprint density at radius 3 is 2.76 bits per heavy atom. The highest BCUT2D eigenvalue weighted by Gasteiger charge is 2.31. The highest BCUT2D eigenvalue weighted by Crippen LogP contribution is 2.30. The second kappa shape index (κ2) is 6.77. The van der Waals surface area contributed by atoms with Gasteiger partial charge in [-0.25, -0.2) is 0 Å². The summed E-state index contributed by atoms with van der Waals surface area (Å²) in [5.74, 6) is 0.598. The zero-order chi connectivity index (χ0) is 15.4. The second-order valence-electron chi connectivity index (χ2n) is 4.20. The standard InChI is InChI=1S/C13H14N2O4S2/c1-18-7-3-4-8(9(5-7)19-2)14-11(16)6-10-12(17)15-13(20)21-10/h3-5,10H,6H2,1-2H3,(H,14,16)(H,15,17,20). The Morgan fingerprint density at radius 1 is 1.43 bits per heavy atom. The predicted molar refractivity (Wildman–Crippen MR) is 84.9 cm³/mol. The number of carbonyl (C=O) groups is 2. The van der Waals surface area contributed by atoms with E-state index >= 15 is 0 Å². The minimum absolute atomic E-state index is 0.0474. The van der Waals surface area contributed by atoms with Gasteiger partial charge in [-0.3, -0.25) is 9.59 Å². The van der Waals surface area contributed by atoms with Crippen molar-refractivity contribution in [2.45, 2.75) is 11.7 Å². The van der Waals surface area contributed by atoms with Crippen LogP contribution in [0.15, 0.2) is 18.2 Å². The Kier molecular flexibility index (Phi) is 5.03. The third kappa shape index (κ3) is 3.85. The van der Waals surface area contributed by atoms with E-state index in [0.717, 1.165) is 0 Å². The first-order valence-corrected chi connectivity index (χ1v) is 7.35. The summed E-state index contributed by atoms with van der Waals surface area (Å²) >= 11 is 6.08. The number of ether oxygens (including phenoxy) is 2. The molecule has 2 N–H and O–H groups in total. The van der Waals surface area contributed by atoms with Crippen molar-refractivity contribution in [1.29, 1.82) is 0 Å². The van der Waals surface area contributed by atoms with Crippen molar-refractivity contribution in [1.82, 2.24) is 5.32 Å². The molecule has 2 rings (SSSR count). The van der Waals surface area contributed by atoms with Crippen LogP contribution >= 0.6 is 24.0 Å². The van der Waals surface area contributed by atoms with E-state index in [0.29, 0.717) is 21.5 Å². The molecular formula is C13H14N2O4S2. The van der Waals surface area contributed by atoms with Crippen molar-refractivity contribution in [2.75, 3.05) is 19.5 Å². The van der Waals surface area contributed by atoms with Crippen molar-refractivity contribution in [3.05, 3.63) is 18.2 Å². The van der Waals surface area contributed by atoms with E-state index in [-0.39, 0.29) is 18.2 Å². The van der Waals surface area contributed by atoms with E-state index in [1.165, 1.54) is 18.9 Å². The van der Waals surface area contributed by atoms with Gasteiger partial charge in [0.15, 0.2) is 0 Å². The smallest absolute Gasteiger partial charge is 0.239 e. The Labute approximate surface area is 131 Å². The molecule has 1 aromatic rings. The van der Waals surface area contributed by atoms with Crippen LogP contribution in [-0.2, 0) is 9.59 Å². The molecule has 1 aliphatic rings. The lowest BCUT2D eigenvalue weighted by atomic mass is 10.2. The molecule has 0 radical (unpaired) electrons. The van der Waals surface area contributed by atoms with Gasteiger partial charge in [0.2, 0.25) is 11.8 Å². The number of benzene rings is 1. The zero-order valence-electron chi connectivity index (χ0n) is 11.5. The molecule has 2 amide bonds. The second-order valence-corrected chi connectivity index (χ2v) is 6.08. The summed E-state index contributed by atoms with van der Waals surface area (Å²) in [4.78, 5) is 23.5. The van der Waals surface area contributed by atoms with Crippen molar-refractivity contribution >= 4 is 45.8 Å². The molecule has 0 aromatic heterocycles. The fourth-order valence-electron chi connectivity index (χ4n) is 1.80. The summed E-state index contributed by atoms with van der Waals surface area (Å²) in [7, 11) is 3.05. The van der Waals surface area contributed by atoms with Crippen molar-refractivity contribution in [3.8, 4) is 11.5 Å². The van der Waals surface area contributed by atoms with Crippen LogP contribution in [0.5, 0.6) is 11.5 Å². The van der Waals surface area contributed by atoms with Gasteiger partial charge in [0, 0.05) is 12.5 Å². The molecule has 21 heavy (non-hydrogen) atoms. The third-order valence-electron chi connectivity index (χ3n) is 2.82. The van der Waals surface area contributed by atoms with Crippen LogP contribution in [0.2, 0.25) is 0 Å². The van der Waals surface area contributed by atoms with Crippen LogP contribution in [-0.4, -0.2) is 35.6 Å². The Hall–Kier alpha value is -1.80. The molecule has 0 spiro atoms. The highest BCUT2D eigenvalue weighted by molar-refractivity contribution is 8.24. The maximum Gasteiger partial charge on any atom is 0.239 e. The maximum absolute atomic E-state index is 12.0. The van der Waals surface area contributed by atoms with Gasteiger partial charge in [-0.15, -0.1) is 0 Å². The van der Waals surface area contributed by atoms with Gasteiger partial charge in [0.05, 0.1) is 25.2 Å². The molecule has 1 fully saturated rings. The Morgan fingerprint density at radius 2 is 2.19 bits per heavy atom. The number of anilines is 1. The molecule has 1 unspecified atom stereocenters. The maximum atomic E-state index is 12.0. The van der Waals surface area contributed by atoms with Gasteiger partial charge >= 0.3 is 0 Å². The normalized spacial score (nSPS) is 17.3. The van der Waals surface area contributed by atoms with Crippen LogP contribution in [0.1, 0.15) is 6.42 Å². The van der Waals surface area contributed by atoms with Gasteiger partial charge in [-0.05, 0) is 12.1 Å². The van der Waals surface area contributed by atoms with E-state index in [4.69, 9.17) is 21.7 Å². The van der Waals surface area contributed by atoms with Gasteiger partial charge in [0.25, 0.3) is 0 Å². The number of thioether (sulfide) groups is 1. The average molecular weight is 326 g/mol. The molecule has 0 saturated carbocycles. The largest absolute Gasteiger partial charge is 0.497 e. The average Bonchev–Trinajstić information content (AvgIpc) is 2.77. The first-order chi connectivity index (χ1) is 10.0. The summed E-state index contributed by atoms with van der Waals surface area (Å²) in [6, 6.07) is 5.06. The van der Waals surface area contributed by atoms with Crippen molar-refractivity contribution < 1.29 is 19.1 Å². The number of hydrogen-bond acceptors (Lipinski definition) is 6. The fraction of sp³-hybridized carbons (Fsp3) is 0.308. The van der Waals surface area contributed by atoms with Crippen molar-refractivity contribution in [2.24, 2.45) is 0 Å². The first kappa shape index (κ1) is 15.6. The van der Waals surface area contributed by atoms with Crippen LogP contribution in [0.25, 0.3) is 0 Å². The molecule has 8 heteroatoms. The zero-order valence-corrected chi connectivity index (χ0v) is 13.1. The van der Waals surface area contributed by atoms with E-state index in [1.807, 2.05) is 0 Å². The molecule has 1 aliphatic heterocycles. The quantitative estimate of drug-likeness (QED) is 0.800. The SMILES string of the molecule is COc1ccc(NC(=O)CC2SC(=S)NC2=O)c(OC)c1. The third-order valence-corrected chi connectivity index (χ3v) is 4.19. The molecule has 1 saturated heterocycles. The molecule has 112 valence electrons. The molecule has 0 bridgehead atoms. The molecule has 0 aliphatic carbocycles. The number of hydrogen-bond donors (Lipinski definition) is 2. The minimum Gasteiger partial charge on any atom is -0.497 e. The van der Waals surface area contributed by atoms with Gasteiger partial charge in [-0.1, -0.05) is 24.0 Å². The minimum atomic E-state index is -0.484. The highest BCUT2D eigenvalue weighted by atomic mass is 32.2. The van der Waals surface area contributed by atoms with E-state index in [1.54, 1.807) is 25.3 Å². The summed E-state index contributed by atoms with van der Waals surface area (Å²) in [6.07, 6.45) is 0.0474. The number of amides is 2. The Bertz CT molecular complexity index is 592. The fourth-order valence-corrected chi connectivity index (χ4v) is 3.07. The number of rotatable bonds is 5. The van der Waals surface area contributed by atoms with E-state index in [9.17, 15) is 9.59 Å². The molecule has 6 nitrogen and oxygen atoms in total. The van der Waals surface area contributed by atoms with E-state index < -0.39 is 5.25 Å². The predicted octanol–water partition coefficient (Wildman–Crippen LogP) is 1.55. The monoisotopic (exact) mass is 326 g/mol. The number of thiocarbonyl (C=S) groups is 1. The van der Waals surface area contributed by atoms with Crippen molar-refractivity contribution in [3.63, 3.8) is 0 Å².